The molecule has 0 amide bonds. The smallest absolute Gasteiger partial charge is 0.0808 e. The van der Waals surface area contributed by atoms with Crippen LogP contribution in [0.2, 0.25) is 0 Å². The van der Waals surface area contributed by atoms with Crippen molar-refractivity contribution in [2.45, 2.75) is 25.3 Å². The first-order valence-electron chi connectivity index (χ1n) is 7.13. The van der Waals surface area contributed by atoms with Gasteiger partial charge in [0, 0.05) is 19.8 Å². The molecule has 1 saturated heterocycles. The van der Waals surface area contributed by atoms with Crippen molar-refractivity contribution in [2.24, 2.45) is 0 Å². The van der Waals surface area contributed by atoms with Gasteiger partial charge in [-0.3, -0.25) is 9.69 Å². The van der Waals surface area contributed by atoms with Crippen molar-refractivity contribution in [3.63, 3.8) is 0 Å². The molecule has 2 aliphatic rings. The van der Waals surface area contributed by atoms with E-state index in [9.17, 15) is 0 Å². The van der Waals surface area contributed by atoms with Gasteiger partial charge in [0.25, 0.3) is 0 Å². The Morgan fingerprint density at radius 1 is 1.00 bits per heavy atom. The molecule has 0 spiro atoms. The zero-order chi connectivity index (χ0) is 12.8. The van der Waals surface area contributed by atoms with Crippen LogP contribution in [0.5, 0.6) is 0 Å². The maximum atomic E-state index is 2.59. The summed E-state index contributed by atoms with van der Waals surface area (Å²) in [4.78, 5) is 2.59. The van der Waals surface area contributed by atoms with Gasteiger partial charge < -0.3 is 4.90 Å². The Morgan fingerprint density at radius 3 is 2.74 bits per heavy atom. The zero-order valence-corrected chi connectivity index (χ0v) is 11.3. The molecule has 2 aromatic rings. The van der Waals surface area contributed by atoms with Crippen molar-refractivity contribution in [3.05, 3.63) is 48.3 Å². The summed E-state index contributed by atoms with van der Waals surface area (Å²) in [5, 5.41) is 2.27. The van der Waals surface area contributed by atoms with Crippen LogP contribution >= 0.6 is 0 Å². The molecule has 0 N–H and O–H groups in total. The molecule has 4 rings (SSSR count). The second kappa shape index (κ2) is 4.05. The number of hydrogen-bond donors (Lipinski definition) is 0. The van der Waals surface area contributed by atoms with E-state index in [4.69, 9.17) is 0 Å². The van der Waals surface area contributed by atoms with E-state index in [-0.39, 0.29) is 0 Å². The minimum atomic E-state index is 0.523. The Morgan fingerprint density at radius 2 is 1.84 bits per heavy atom. The molecule has 1 fully saturated rings. The number of para-hydroxylation sites is 2. The fourth-order valence-corrected chi connectivity index (χ4v) is 3.55. The van der Waals surface area contributed by atoms with E-state index >= 15 is 0 Å². The van der Waals surface area contributed by atoms with Crippen molar-refractivity contribution in [3.8, 4) is 0 Å². The predicted molar refractivity (Wildman–Crippen MR) is 78.6 cm³/mol. The molecule has 3 heteroatoms. The average Bonchev–Trinajstić information content (AvgIpc) is 2.92. The molecule has 1 aromatic carbocycles. The van der Waals surface area contributed by atoms with Crippen molar-refractivity contribution in [1.29, 1.82) is 0 Å². The fourth-order valence-electron chi connectivity index (χ4n) is 3.55. The average molecular weight is 253 g/mol. The predicted octanol–water partition coefficient (Wildman–Crippen LogP) is 3.43. The van der Waals surface area contributed by atoms with Gasteiger partial charge in [-0.2, -0.15) is 0 Å². The van der Waals surface area contributed by atoms with Crippen LogP contribution < -0.4 is 9.91 Å². The zero-order valence-electron chi connectivity index (χ0n) is 11.3. The van der Waals surface area contributed by atoms with Crippen LogP contribution in [0.3, 0.4) is 0 Å². The highest BCUT2D eigenvalue weighted by molar-refractivity contribution is 5.73. The Bertz CT molecular complexity index is 602. The maximum Gasteiger partial charge on any atom is 0.0808 e. The van der Waals surface area contributed by atoms with Crippen LogP contribution in [0.15, 0.2) is 42.6 Å². The summed E-state index contributed by atoms with van der Waals surface area (Å²) in [6, 6.07) is 13.7. The summed E-state index contributed by atoms with van der Waals surface area (Å²) < 4.78 is 2.30. The molecule has 0 saturated carbocycles. The SMILES string of the molecule is CN1c2ccccc2N2CCCCC2c2cccn21. The number of rotatable bonds is 0. The highest BCUT2D eigenvalue weighted by Gasteiger charge is 2.31. The third-order valence-corrected chi connectivity index (χ3v) is 4.47. The number of benzene rings is 1. The molecule has 1 unspecified atom stereocenters. The van der Waals surface area contributed by atoms with Crippen LogP contribution in [0.25, 0.3) is 0 Å². The highest BCUT2D eigenvalue weighted by atomic mass is 15.6. The lowest BCUT2D eigenvalue weighted by Gasteiger charge is -2.36. The van der Waals surface area contributed by atoms with Crippen LogP contribution in [0, 0.1) is 0 Å². The molecular formula is C16H19N3. The first-order chi connectivity index (χ1) is 9.36. The molecule has 2 aliphatic heterocycles. The summed E-state index contributed by atoms with van der Waals surface area (Å²) in [5.41, 5.74) is 4.08. The van der Waals surface area contributed by atoms with E-state index in [0.717, 1.165) is 0 Å². The first kappa shape index (κ1) is 11.0. The lowest BCUT2D eigenvalue weighted by Crippen LogP contribution is -2.33. The number of piperidine rings is 1. The van der Waals surface area contributed by atoms with E-state index < -0.39 is 0 Å². The van der Waals surface area contributed by atoms with Gasteiger partial charge in [0.15, 0.2) is 0 Å². The minimum Gasteiger partial charge on any atom is -0.361 e. The molecular weight excluding hydrogens is 234 g/mol. The topological polar surface area (TPSA) is 11.4 Å². The number of hydrogen-bond acceptors (Lipinski definition) is 2. The highest BCUT2D eigenvalue weighted by Crippen LogP contribution is 2.42. The molecule has 0 bridgehead atoms. The molecule has 98 valence electrons. The third kappa shape index (κ3) is 1.51. The van der Waals surface area contributed by atoms with E-state index in [1.54, 1.807) is 0 Å². The van der Waals surface area contributed by atoms with Gasteiger partial charge >= 0.3 is 0 Å². The monoisotopic (exact) mass is 253 g/mol. The number of fused-ring (bicyclic) bond motifs is 5. The summed E-state index contributed by atoms with van der Waals surface area (Å²) in [6.07, 6.45) is 6.06. The number of anilines is 2. The molecule has 1 atom stereocenters. The summed E-state index contributed by atoms with van der Waals surface area (Å²) in [7, 11) is 2.15. The molecule has 0 aliphatic carbocycles. The second-order valence-electron chi connectivity index (χ2n) is 5.49. The summed E-state index contributed by atoms with van der Waals surface area (Å²) in [6.45, 7) is 1.17. The van der Waals surface area contributed by atoms with Gasteiger partial charge in [0.2, 0.25) is 0 Å². The standard InChI is InChI=1S/C16H19N3/c1-17-13-7-2-3-8-14(13)18-11-5-4-9-15(18)16-10-6-12-19(16)17/h2-3,6-8,10,12,15H,4-5,9,11H2,1H3. The van der Waals surface area contributed by atoms with E-state index in [1.165, 1.54) is 42.9 Å². The molecule has 1 aromatic heterocycles. The van der Waals surface area contributed by atoms with Gasteiger partial charge in [0.05, 0.1) is 23.1 Å². The van der Waals surface area contributed by atoms with Crippen LogP contribution in [0.4, 0.5) is 11.4 Å². The van der Waals surface area contributed by atoms with Gasteiger partial charge in [-0.1, -0.05) is 12.1 Å². The largest absolute Gasteiger partial charge is 0.361 e. The van der Waals surface area contributed by atoms with Gasteiger partial charge in [0.1, 0.15) is 0 Å². The molecule has 3 heterocycles. The fraction of sp³-hybridized carbons (Fsp3) is 0.375. The number of aromatic nitrogens is 1. The molecule has 3 nitrogen and oxygen atoms in total. The van der Waals surface area contributed by atoms with Crippen molar-refractivity contribution < 1.29 is 0 Å². The van der Waals surface area contributed by atoms with Gasteiger partial charge in [-0.25, -0.2) is 0 Å². The Labute approximate surface area is 114 Å². The quantitative estimate of drug-likeness (QED) is 0.712. The van der Waals surface area contributed by atoms with E-state index in [1.807, 2.05) is 0 Å². The van der Waals surface area contributed by atoms with Crippen molar-refractivity contribution in [2.75, 3.05) is 23.5 Å². The lowest BCUT2D eigenvalue weighted by atomic mass is 9.98. The second-order valence-corrected chi connectivity index (χ2v) is 5.49. The molecule has 19 heavy (non-hydrogen) atoms. The molecule has 0 radical (unpaired) electrons. The summed E-state index contributed by atoms with van der Waals surface area (Å²) in [5.74, 6) is 0. The van der Waals surface area contributed by atoms with Crippen LogP contribution in [-0.2, 0) is 0 Å². The van der Waals surface area contributed by atoms with Crippen molar-refractivity contribution >= 4 is 11.4 Å². The first-order valence-corrected chi connectivity index (χ1v) is 7.13. The van der Waals surface area contributed by atoms with Crippen LogP contribution in [0.1, 0.15) is 31.0 Å². The Balaban J connectivity index is 1.96. The van der Waals surface area contributed by atoms with Crippen LogP contribution in [-0.4, -0.2) is 18.3 Å². The van der Waals surface area contributed by atoms with Gasteiger partial charge in [-0.15, -0.1) is 0 Å². The lowest BCUT2D eigenvalue weighted by molar-refractivity contribution is 0.460. The van der Waals surface area contributed by atoms with Crippen molar-refractivity contribution in [1.82, 2.24) is 4.68 Å². The Kier molecular flexibility index (Phi) is 2.34. The maximum absolute atomic E-state index is 2.59. The normalized spacial score (nSPS) is 21.4. The third-order valence-electron chi connectivity index (χ3n) is 4.47. The van der Waals surface area contributed by atoms with Gasteiger partial charge in [-0.05, 0) is 43.5 Å². The Hall–Kier alpha value is -1.90. The van der Waals surface area contributed by atoms with E-state index in [2.05, 4.69) is 64.2 Å². The van der Waals surface area contributed by atoms with E-state index in [0.29, 0.717) is 6.04 Å². The minimum absolute atomic E-state index is 0.523. The number of nitrogens with zero attached hydrogens (tertiary/aromatic N) is 3. The summed E-state index contributed by atoms with van der Waals surface area (Å²) >= 11 is 0.